The highest BCUT2D eigenvalue weighted by Crippen LogP contribution is 2.39. The first-order valence-corrected chi connectivity index (χ1v) is 18.7. The Hall–Kier alpha value is -4.30. The second kappa shape index (κ2) is 18.3. The van der Waals surface area contributed by atoms with Gasteiger partial charge in [0.25, 0.3) is 0 Å². The van der Waals surface area contributed by atoms with Crippen LogP contribution < -0.4 is 9.80 Å². The molecule has 0 saturated carbocycles. The van der Waals surface area contributed by atoms with Crippen LogP contribution in [-0.4, -0.2) is 0 Å². The molecule has 0 fully saturated rings. The third-order valence-corrected chi connectivity index (χ3v) is 9.42. The fourth-order valence-electron chi connectivity index (χ4n) is 6.42. The average Bonchev–Trinajstić information content (AvgIpc) is 3.14. The maximum Gasteiger partial charge on any atom is 0.0463 e. The van der Waals surface area contributed by atoms with Gasteiger partial charge in [-0.2, -0.15) is 0 Å². The molecule has 0 aliphatic rings. The number of anilines is 6. The highest BCUT2D eigenvalue weighted by molar-refractivity contribution is 5.81. The quantitative estimate of drug-likeness (QED) is 0.0944. The molecule has 0 heterocycles. The second-order valence-electron chi connectivity index (χ2n) is 13.3. The van der Waals surface area contributed by atoms with E-state index < -0.39 is 0 Å². The molecule has 250 valence electrons. The summed E-state index contributed by atoms with van der Waals surface area (Å²) in [6, 6.07) is 45.9. The molecule has 5 aromatic carbocycles. The molecule has 0 bridgehead atoms. The van der Waals surface area contributed by atoms with E-state index >= 15 is 0 Å². The Labute approximate surface area is 291 Å². The largest absolute Gasteiger partial charge is 0.311 e. The number of nitrogens with zero attached hydrogens (tertiary/aromatic N) is 2. The van der Waals surface area contributed by atoms with Crippen molar-refractivity contribution in [2.75, 3.05) is 9.80 Å². The summed E-state index contributed by atoms with van der Waals surface area (Å²) in [6.45, 7) is 9.04. The van der Waals surface area contributed by atoms with E-state index in [1.54, 1.807) is 0 Å². The van der Waals surface area contributed by atoms with E-state index in [-0.39, 0.29) is 0 Å². The van der Waals surface area contributed by atoms with E-state index in [4.69, 9.17) is 0 Å². The van der Waals surface area contributed by atoms with Crippen LogP contribution in [0.2, 0.25) is 0 Å². The van der Waals surface area contributed by atoms with Crippen LogP contribution in [0.3, 0.4) is 0 Å². The molecule has 0 atom stereocenters. The lowest BCUT2D eigenvalue weighted by Crippen LogP contribution is -2.12. The predicted molar refractivity (Wildman–Crippen MR) is 210 cm³/mol. The summed E-state index contributed by atoms with van der Waals surface area (Å²) in [6.07, 6.45) is 14.3. The first-order valence-electron chi connectivity index (χ1n) is 18.7. The molecule has 0 aliphatic carbocycles. The van der Waals surface area contributed by atoms with Crippen molar-refractivity contribution in [3.63, 3.8) is 0 Å². The third-order valence-electron chi connectivity index (χ3n) is 9.42. The minimum absolute atomic E-state index is 1.13. The predicted octanol–water partition coefficient (Wildman–Crippen LogP) is 14.0. The van der Waals surface area contributed by atoms with Gasteiger partial charge in [0.05, 0.1) is 0 Å². The van der Waals surface area contributed by atoms with Gasteiger partial charge in [0, 0.05) is 34.1 Å². The summed E-state index contributed by atoms with van der Waals surface area (Å²) in [5.74, 6) is 0. The fraction of sp³-hybridized carbons (Fsp3) is 0.348. The van der Waals surface area contributed by atoms with Crippen LogP contribution in [0.25, 0.3) is 0 Å². The van der Waals surface area contributed by atoms with Crippen LogP contribution >= 0.6 is 0 Å². The van der Waals surface area contributed by atoms with Crippen molar-refractivity contribution in [1.82, 2.24) is 0 Å². The molecule has 48 heavy (non-hydrogen) atoms. The van der Waals surface area contributed by atoms with Gasteiger partial charge in [-0.3, -0.25) is 0 Å². The third kappa shape index (κ3) is 9.41. The maximum atomic E-state index is 2.40. The molecule has 0 aliphatic heterocycles. The maximum absolute atomic E-state index is 2.40. The summed E-state index contributed by atoms with van der Waals surface area (Å²) in [4.78, 5) is 4.79. The van der Waals surface area contributed by atoms with Crippen molar-refractivity contribution in [2.24, 2.45) is 0 Å². The first-order chi connectivity index (χ1) is 23.6. The van der Waals surface area contributed by atoms with Gasteiger partial charge in [0.15, 0.2) is 0 Å². The molecular formula is C46H56N2. The zero-order chi connectivity index (χ0) is 33.6. The molecule has 5 aromatic rings. The van der Waals surface area contributed by atoms with Crippen LogP contribution in [0.4, 0.5) is 34.1 Å². The zero-order valence-corrected chi connectivity index (χ0v) is 29.9. The minimum atomic E-state index is 1.13. The van der Waals surface area contributed by atoms with E-state index in [0.29, 0.717) is 0 Å². The summed E-state index contributed by atoms with van der Waals surface area (Å²) < 4.78 is 0. The summed E-state index contributed by atoms with van der Waals surface area (Å²) >= 11 is 0. The van der Waals surface area contributed by atoms with Crippen LogP contribution in [0.15, 0.2) is 121 Å². The Balaban J connectivity index is 1.50. The average molecular weight is 637 g/mol. The smallest absolute Gasteiger partial charge is 0.0463 e. The number of unbranched alkanes of at least 4 members (excludes halogenated alkanes) is 4. The normalized spacial score (nSPS) is 11.1. The molecule has 2 nitrogen and oxygen atoms in total. The molecule has 0 amide bonds. The molecule has 0 unspecified atom stereocenters. The van der Waals surface area contributed by atoms with Gasteiger partial charge in [0.2, 0.25) is 0 Å². The van der Waals surface area contributed by atoms with Crippen molar-refractivity contribution in [3.8, 4) is 0 Å². The van der Waals surface area contributed by atoms with E-state index in [1.807, 2.05) is 0 Å². The van der Waals surface area contributed by atoms with E-state index in [1.165, 1.54) is 96.4 Å². The van der Waals surface area contributed by atoms with Gasteiger partial charge in [0.1, 0.15) is 0 Å². The lowest BCUT2D eigenvalue weighted by molar-refractivity contribution is 0.795. The number of aryl methyl sites for hydroxylation is 4. The zero-order valence-electron chi connectivity index (χ0n) is 29.9. The number of rotatable bonds is 18. The minimum Gasteiger partial charge on any atom is -0.311 e. The SMILES string of the molecule is CCCCc1ccc(N(c2ccc(CCCC)cc2)c2ccc(N(c3ccc(CCCC)cc3)c3ccc(CCCC)cc3)cc2)cc1. The molecule has 5 rings (SSSR count). The lowest BCUT2D eigenvalue weighted by Gasteiger charge is -2.29. The van der Waals surface area contributed by atoms with Crippen molar-refractivity contribution in [2.45, 2.75) is 105 Å². The Morgan fingerprint density at radius 2 is 0.438 bits per heavy atom. The van der Waals surface area contributed by atoms with Gasteiger partial charge < -0.3 is 9.80 Å². The second-order valence-corrected chi connectivity index (χ2v) is 13.3. The van der Waals surface area contributed by atoms with Gasteiger partial charge in [-0.15, -0.1) is 0 Å². The van der Waals surface area contributed by atoms with Gasteiger partial charge in [-0.05, 0) is 146 Å². The highest BCUT2D eigenvalue weighted by Gasteiger charge is 2.16. The highest BCUT2D eigenvalue weighted by atomic mass is 15.2. The Kier molecular flexibility index (Phi) is 13.3. The van der Waals surface area contributed by atoms with Gasteiger partial charge in [-0.1, -0.05) is 102 Å². The molecular weight excluding hydrogens is 581 g/mol. The first kappa shape index (κ1) is 35.0. The van der Waals surface area contributed by atoms with Crippen LogP contribution in [0, 0.1) is 0 Å². The van der Waals surface area contributed by atoms with Crippen molar-refractivity contribution >= 4 is 34.1 Å². The van der Waals surface area contributed by atoms with Crippen molar-refractivity contribution < 1.29 is 0 Å². The topological polar surface area (TPSA) is 6.48 Å². The molecule has 0 aromatic heterocycles. The van der Waals surface area contributed by atoms with E-state index in [0.717, 1.165) is 37.1 Å². The van der Waals surface area contributed by atoms with Gasteiger partial charge in [-0.25, -0.2) is 0 Å². The Bertz CT molecular complexity index is 1390. The summed E-state index contributed by atoms with van der Waals surface area (Å²) in [7, 11) is 0. The number of hydrogen-bond donors (Lipinski definition) is 0. The molecule has 0 spiro atoms. The Morgan fingerprint density at radius 1 is 0.271 bits per heavy atom. The van der Waals surface area contributed by atoms with E-state index in [9.17, 15) is 0 Å². The van der Waals surface area contributed by atoms with Crippen molar-refractivity contribution in [1.29, 1.82) is 0 Å². The molecule has 0 radical (unpaired) electrons. The fourth-order valence-corrected chi connectivity index (χ4v) is 6.42. The van der Waals surface area contributed by atoms with Crippen LogP contribution in [0.1, 0.15) is 101 Å². The Morgan fingerprint density at radius 3 is 0.604 bits per heavy atom. The summed E-state index contributed by atoms with van der Waals surface area (Å²) in [5, 5.41) is 0. The molecule has 0 saturated heterocycles. The summed E-state index contributed by atoms with van der Waals surface area (Å²) in [5.41, 5.74) is 12.7. The standard InChI is InChI=1S/C46H56N2/c1-5-9-13-37-17-25-41(26-18-37)47(42-27-19-38(20-28-42)14-10-6-2)45-33-35-46(36-34-45)48(43-29-21-39(22-30-43)15-11-7-3)44-31-23-40(24-32-44)16-12-8-4/h17-36H,5-16H2,1-4H3. The monoisotopic (exact) mass is 636 g/mol. The van der Waals surface area contributed by atoms with E-state index in [2.05, 4.69) is 159 Å². The number of hydrogen-bond acceptors (Lipinski definition) is 2. The van der Waals surface area contributed by atoms with Crippen LogP contribution in [0.5, 0.6) is 0 Å². The van der Waals surface area contributed by atoms with Crippen LogP contribution in [-0.2, 0) is 25.7 Å². The number of benzene rings is 5. The van der Waals surface area contributed by atoms with Gasteiger partial charge >= 0.3 is 0 Å². The molecule has 0 N–H and O–H groups in total. The van der Waals surface area contributed by atoms with Crippen molar-refractivity contribution in [3.05, 3.63) is 144 Å². The lowest BCUT2D eigenvalue weighted by atomic mass is 10.0. The molecule has 2 heteroatoms.